The number of rotatable bonds is 6. The highest BCUT2D eigenvalue weighted by Gasteiger charge is 1.97. The van der Waals surface area contributed by atoms with Crippen molar-refractivity contribution in [1.29, 1.82) is 0 Å². The molecule has 84 valence electrons. The monoisotopic (exact) mass is 210 g/mol. The largest absolute Gasteiger partial charge is 0.387 e. The summed E-state index contributed by atoms with van der Waals surface area (Å²) in [7, 11) is 1.67. The molecule has 5 nitrogen and oxygen atoms in total. The number of hydrogen-bond donors (Lipinski definition) is 1. The lowest BCUT2D eigenvalue weighted by Gasteiger charge is -1.98. The number of aliphatic imine (C=N–C) groups is 1. The number of aromatic nitrogens is 2. The summed E-state index contributed by atoms with van der Waals surface area (Å²) in [5.74, 6) is 0.656. The fourth-order valence-corrected chi connectivity index (χ4v) is 1.20. The first-order chi connectivity index (χ1) is 7.26. The Morgan fingerprint density at radius 1 is 1.67 bits per heavy atom. The Kier molecular flexibility index (Phi) is 4.83. The first-order valence-electron chi connectivity index (χ1n) is 5.10. The molecule has 1 aromatic heterocycles. The van der Waals surface area contributed by atoms with Crippen LogP contribution >= 0.6 is 0 Å². The number of amidine groups is 1. The van der Waals surface area contributed by atoms with E-state index in [1.54, 1.807) is 18.0 Å². The van der Waals surface area contributed by atoms with E-state index in [1.165, 1.54) is 0 Å². The van der Waals surface area contributed by atoms with Crippen LogP contribution in [0.4, 0.5) is 5.69 Å². The minimum Gasteiger partial charge on any atom is -0.387 e. The van der Waals surface area contributed by atoms with Crippen LogP contribution < -0.4 is 5.73 Å². The van der Waals surface area contributed by atoms with Crippen LogP contribution in [-0.4, -0.2) is 29.3 Å². The molecule has 0 aliphatic rings. The maximum atomic E-state index is 5.71. The molecule has 0 radical (unpaired) electrons. The molecule has 0 fully saturated rings. The molecule has 0 atom stereocenters. The Bertz CT molecular complexity index is 319. The van der Waals surface area contributed by atoms with Gasteiger partial charge in [-0.3, -0.25) is 4.68 Å². The molecule has 0 aliphatic heterocycles. The van der Waals surface area contributed by atoms with Crippen molar-refractivity contribution < 1.29 is 4.74 Å². The van der Waals surface area contributed by atoms with Gasteiger partial charge in [-0.25, -0.2) is 4.99 Å². The zero-order valence-electron chi connectivity index (χ0n) is 9.31. The van der Waals surface area contributed by atoms with E-state index in [0.717, 1.165) is 25.1 Å². The summed E-state index contributed by atoms with van der Waals surface area (Å²) < 4.78 is 6.75. The van der Waals surface area contributed by atoms with E-state index in [0.29, 0.717) is 12.4 Å². The van der Waals surface area contributed by atoms with Crippen LogP contribution in [0.3, 0.4) is 0 Å². The van der Waals surface area contributed by atoms with Gasteiger partial charge in [0.05, 0.1) is 31.4 Å². The fourth-order valence-electron chi connectivity index (χ4n) is 1.20. The molecular weight excluding hydrogens is 192 g/mol. The minimum atomic E-state index is 0.648. The summed E-state index contributed by atoms with van der Waals surface area (Å²) in [6.07, 6.45) is 5.40. The second-order valence-corrected chi connectivity index (χ2v) is 3.31. The normalized spacial score (nSPS) is 12.0. The van der Waals surface area contributed by atoms with Gasteiger partial charge < -0.3 is 10.5 Å². The van der Waals surface area contributed by atoms with E-state index in [4.69, 9.17) is 10.5 Å². The second-order valence-electron chi connectivity index (χ2n) is 3.31. The van der Waals surface area contributed by atoms with Crippen molar-refractivity contribution in [2.45, 2.75) is 26.3 Å². The summed E-state index contributed by atoms with van der Waals surface area (Å²) in [4.78, 5) is 4.25. The van der Waals surface area contributed by atoms with Crippen molar-refractivity contribution in [3.8, 4) is 0 Å². The lowest BCUT2D eigenvalue weighted by molar-refractivity contribution is 0.183. The van der Waals surface area contributed by atoms with Crippen molar-refractivity contribution in [2.75, 3.05) is 13.7 Å². The van der Waals surface area contributed by atoms with Crippen LogP contribution in [0.25, 0.3) is 0 Å². The number of nitrogens with zero attached hydrogens (tertiary/aromatic N) is 3. The van der Waals surface area contributed by atoms with Crippen molar-refractivity contribution in [1.82, 2.24) is 9.78 Å². The highest BCUT2D eigenvalue weighted by atomic mass is 16.5. The predicted octanol–water partition coefficient (Wildman–Crippen LogP) is 1.32. The summed E-state index contributed by atoms with van der Waals surface area (Å²) in [5.41, 5.74) is 6.52. The fraction of sp³-hybridized carbons (Fsp3) is 0.600. The quantitative estimate of drug-likeness (QED) is 0.569. The van der Waals surface area contributed by atoms with E-state index in [1.807, 2.05) is 6.20 Å². The molecule has 0 spiro atoms. The van der Waals surface area contributed by atoms with Gasteiger partial charge >= 0.3 is 0 Å². The van der Waals surface area contributed by atoms with Gasteiger partial charge in [0, 0.05) is 13.5 Å². The topological polar surface area (TPSA) is 65.4 Å². The minimum absolute atomic E-state index is 0.648. The third-order valence-electron chi connectivity index (χ3n) is 1.92. The number of nitrogens with two attached hydrogens (primary N) is 1. The first-order valence-corrected chi connectivity index (χ1v) is 5.10. The van der Waals surface area contributed by atoms with Gasteiger partial charge in [0.1, 0.15) is 5.69 Å². The molecule has 1 aromatic rings. The lowest BCUT2D eigenvalue weighted by Crippen LogP contribution is -2.09. The molecule has 1 rings (SSSR count). The molecule has 0 amide bonds. The maximum absolute atomic E-state index is 5.71. The van der Waals surface area contributed by atoms with Gasteiger partial charge in [0.25, 0.3) is 0 Å². The summed E-state index contributed by atoms with van der Waals surface area (Å²) in [6, 6.07) is 0. The highest BCUT2D eigenvalue weighted by molar-refractivity contribution is 5.82. The van der Waals surface area contributed by atoms with E-state index in [2.05, 4.69) is 17.0 Å². The Hall–Kier alpha value is -1.36. The second kappa shape index (κ2) is 6.19. The van der Waals surface area contributed by atoms with Gasteiger partial charge in [-0.1, -0.05) is 6.92 Å². The Balaban J connectivity index is 2.55. The average molecular weight is 210 g/mol. The summed E-state index contributed by atoms with van der Waals surface area (Å²) >= 11 is 0. The predicted molar refractivity (Wildman–Crippen MR) is 60.3 cm³/mol. The SMILES string of the molecule is CCCC(N)=Nc1cnn(CCOC)c1. The Morgan fingerprint density at radius 3 is 3.13 bits per heavy atom. The van der Waals surface area contributed by atoms with Crippen LogP contribution in [0, 0.1) is 0 Å². The van der Waals surface area contributed by atoms with Gasteiger partial charge in [-0.2, -0.15) is 5.10 Å². The number of hydrogen-bond acceptors (Lipinski definition) is 3. The van der Waals surface area contributed by atoms with Crippen molar-refractivity contribution >= 4 is 11.5 Å². The van der Waals surface area contributed by atoms with Crippen molar-refractivity contribution in [2.24, 2.45) is 10.7 Å². The van der Waals surface area contributed by atoms with Gasteiger partial charge in [-0.15, -0.1) is 0 Å². The Morgan fingerprint density at radius 2 is 2.47 bits per heavy atom. The Labute approximate surface area is 89.9 Å². The zero-order chi connectivity index (χ0) is 11.1. The van der Waals surface area contributed by atoms with E-state index in [-0.39, 0.29) is 0 Å². The molecule has 0 aromatic carbocycles. The number of ether oxygens (including phenoxy) is 1. The summed E-state index contributed by atoms with van der Waals surface area (Å²) in [5, 5.41) is 4.14. The van der Waals surface area contributed by atoms with E-state index >= 15 is 0 Å². The molecule has 1 heterocycles. The van der Waals surface area contributed by atoms with Crippen molar-refractivity contribution in [3.63, 3.8) is 0 Å². The van der Waals surface area contributed by atoms with Gasteiger partial charge in [0.2, 0.25) is 0 Å². The first kappa shape index (κ1) is 11.7. The van der Waals surface area contributed by atoms with Crippen molar-refractivity contribution in [3.05, 3.63) is 12.4 Å². The average Bonchev–Trinajstić information content (AvgIpc) is 2.63. The standard InChI is InChI=1S/C10H18N4O/c1-3-4-10(11)13-9-7-12-14(8-9)5-6-15-2/h7-8H,3-6H2,1-2H3,(H2,11,13). The molecule has 15 heavy (non-hydrogen) atoms. The van der Waals surface area contributed by atoms with Crippen LogP contribution in [-0.2, 0) is 11.3 Å². The lowest BCUT2D eigenvalue weighted by atomic mass is 10.3. The van der Waals surface area contributed by atoms with Gasteiger partial charge in [-0.05, 0) is 6.42 Å². The molecule has 0 aliphatic carbocycles. The molecule has 0 bridgehead atoms. The number of methoxy groups -OCH3 is 1. The molecule has 0 saturated heterocycles. The molecule has 0 unspecified atom stereocenters. The van der Waals surface area contributed by atoms with E-state index in [9.17, 15) is 0 Å². The van der Waals surface area contributed by atoms with E-state index < -0.39 is 0 Å². The van der Waals surface area contributed by atoms with Gasteiger partial charge in [0.15, 0.2) is 0 Å². The van der Waals surface area contributed by atoms with Crippen LogP contribution in [0.5, 0.6) is 0 Å². The smallest absolute Gasteiger partial charge is 0.103 e. The molecule has 5 heteroatoms. The molecule has 2 N–H and O–H groups in total. The van der Waals surface area contributed by atoms with Crippen LogP contribution in [0.1, 0.15) is 19.8 Å². The zero-order valence-corrected chi connectivity index (χ0v) is 9.31. The molecule has 0 saturated carbocycles. The third kappa shape index (κ3) is 4.12. The molecular formula is C10H18N4O. The summed E-state index contributed by atoms with van der Waals surface area (Å²) in [6.45, 7) is 3.46. The third-order valence-corrected chi connectivity index (χ3v) is 1.92. The highest BCUT2D eigenvalue weighted by Crippen LogP contribution is 2.09. The van der Waals surface area contributed by atoms with Crippen LogP contribution in [0.2, 0.25) is 0 Å². The maximum Gasteiger partial charge on any atom is 0.103 e. The van der Waals surface area contributed by atoms with Crippen LogP contribution in [0.15, 0.2) is 17.4 Å².